The summed E-state index contributed by atoms with van der Waals surface area (Å²) in [5, 5.41) is 23.8. The van der Waals surface area contributed by atoms with Crippen molar-refractivity contribution in [1.82, 2.24) is 0 Å². The number of hydrogen-bond donors (Lipinski definition) is 0. The molecule has 138 valence electrons. The standard InChI is InChI=1S/C20H12O5.2Na.2H2O/c21-11-5-7-15-17(9-11)25-18-10-12(22)6-8-16(18)19(15)13-3-1-2-4-14(13)20(23)24;;;;/h1-10,21H,(H,23,24);;;2*1H2/q;2*+1;;/p-2. The molecule has 1 heterocycles. The van der Waals surface area contributed by atoms with Gasteiger partial charge in [-0.05, 0) is 23.8 Å². The van der Waals surface area contributed by atoms with Crippen molar-refractivity contribution in [3.63, 3.8) is 0 Å². The zero-order valence-electron chi connectivity index (χ0n) is 15.8. The molecule has 2 aromatic rings. The normalized spacial score (nSPS) is 9.52. The molecule has 1 aliphatic carbocycles. The summed E-state index contributed by atoms with van der Waals surface area (Å²) in [4.78, 5) is 23.2. The molecule has 0 radical (unpaired) electrons. The number of carboxylic acids is 1. The van der Waals surface area contributed by atoms with Crippen LogP contribution in [0.5, 0.6) is 5.75 Å². The van der Waals surface area contributed by atoms with E-state index in [2.05, 4.69) is 0 Å². The van der Waals surface area contributed by atoms with Crippen LogP contribution in [0.1, 0.15) is 10.4 Å². The van der Waals surface area contributed by atoms with Gasteiger partial charge < -0.3 is 30.4 Å². The van der Waals surface area contributed by atoms with Gasteiger partial charge in [0, 0.05) is 28.1 Å². The first-order valence-corrected chi connectivity index (χ1v) is 7.53. The number of rotatable bonds is 2. The Balaban J connectivity index is 0.00000196. The molecule has 9 heteroatoms. The first-order valence-electron chi connectivity index (χ1n) is 7.53. The van der Waals surface area contributed by atoms with E-state index < -0.39 is 5.97 Å². The van der Waals surface area contributed by atoms with Gasteiger partial charge in [0.2, 0.25) is 0 Å². The van der Waals surface area contributed by atoms with Gasteiger partial charge in [-0.2, -0.15) is 0 Å². The number of carboxylic acid groups (broad SMARTS) is 1. The van der Waals surface area contributed by atoms with Crippen molar-refractivity contribution < 1.29 is 89.5 Å². The summed E-state index contributed by atoms with van der Waals surface area (Å²) in [6.45, 7) is 0. The van der Waals surface area contributed by atoms with E-state index in [1.54, 1.807) is 30.3 Å². The largest absolute Gasteiger partial charge is 1.00 e. The molecule has 4 rings (SSSR count). The molecular formula is C20H14Na2O7. The summed E-state index contributed by atoms with van der Waals surface area (Å²) in [6, 6.07) is 15.0. The average molecular weight is 412 g/mol. The molecule has 29 heavy (non-hydrogen) atoms. The Kier molecular flexibility index (Phi) is 10.3. The van der Waals surface area contributed by atoms with Gasteiger partial charge in [-0.15, -0.1) is 5.75 Å². The van der Waals surface area contributed by atoms with E-state index in [0.29, 0.717) is 22.1 Å². The van der Waals surface area contributed by atoms with Crippen LogP contribution < -0.4 is 74.8 Å². The predicted molar refractivity (Wildman–Crippen MR) is 95.5 cm³/mol. The fourth-order valence-corrected chi connectivity index (χ4v) is 3.02. The minimum Gasteiger partial charge on any atom is -0.872 e. The molecule has 0 bridgehead atoms. The minimum atomic E-state index is -1.31. The quantitative estimate of drug-likeness (QED) is 0.237. The second-order valence-corrected chi connectivity index (χ2v) is 5.63. The molecule has 0 spiro atoms. The van der Waals surface area contributed by atoms with Gasteiger partial charge in [-0.25, -0.2) is 0 Å². The number of fused-ring (bicyclic) bond motifs is 2. The van der Waals surface area contributed by atoms with Crippen LogP contribution in [0.15, 0.2) is 69.9 Å². The second kappa shape index (κ2) is 10.9. The van der Waals surface area contributed by atoms with Crippen molar-refractivity contribution in [3.8, 4) is 28.2 Å². The maximum Gasteiger partial charge on any atom is 1.00 e. The molecule has 0 aromatic heterocycles. The van der Waals surface area contributed by atoms with Crippen LogP contribution in [-0.2, 0) is 0 Å². The number of carbonyl (C=O) groups is 1. The van der Waals surface area contributed by atoms with E-state index in [-0.39, 0.29) is 98.2 Å². The van der Waals surface area contributed by atoms with Crippen molar-refractivity contribution in [3.05, 3.63) is 76.5 Å². The molecular weight excluding hydrogens is 398 g/mol. The summed E-state index contributed by atoms with van der Waals surface area (Å²) >= 11 is 0. The predicted octanol–water partition coefficient (Wildman–Crippen LogP) is -5.64. The van der Waals surface area contributed by atoms with Crippen LogP contribution in [0, 0.1) is 0 Å². The van der Waals surface area contributed by atoms with Crippen molar-refractivity contribution in [2.45, 2.75) is 0 Å². The molecule has 7 nitrogen and oxygen atoms in total. The monoisotopic (exact) mass is 412 g/mol. The Bertz CT molecular complexity index is 1170. The smallest absolute Gasteiger partial charge is 0.872 e. The van der Waals surface area contributed by atoms with E-state index >= 15 is 0 Å². The van der Waals surface area contributed by atoms with Gasteiger partial charge in [0.15, 0.2) is 5.43 Å². The third-order valence-electron chi connectivity index (χ3n) is 4.08. The Morgan fingerprint density at radius 1 is 0.862 bits per heavy atom. The van der Waals surface area contributed by atoms with Gasteiger partial charge in [0.1, 0.15) is 11.3 Å². The van der Waals surface area contributed by atoms with E-state index in [9.17, 15) is 19.8 Å². The van der Waals surface area contributed by atoms with Crippen molar-refractivity contribution in [2.24, 2.45) is 0 Å². The topological polar surface area (TPSA) is 156 Å². The van der Waals surface area contributed by atoms with Crippen LogP contribution in [0.4, 0.5) is 0 Å². The Morgan fingerprint density at radius 2 is 1.55 bits per heavy atom. The average Bonchev–Trinajstić information content (AvgIpc) is 2.59. The summed E-state index contributed by atoms with van der Waals surface area (Å²) in [5.41, 5.74) is 1.66. The molecule has 0 saturated carbocycles. The van der Waals surface area contributed by atoms with Gasteiger partial charge in [-0.1, -0.05) is 36.4 Å². The Hall–Kier alpha value is -1.68. The van der Waals surface area contributed by atoms with Crippen LogP contribution in [0.3, 0.4) is 0 Å². The molecule has 2 aliphatic rings. The number of carbonyl (C=O) groups excluding carboxylic acids is 1. The number of benzene rings is 3. The summed E-state index contributed by atoms with van der Waals surface area (Å²) in [5.74, 6) is -1.26. The molecule has 0 amide bonds. The summed E-state index contributed by atoms with van der Waals surface area (Å²) in [7, 11) is 0. The second-order valence-electron chi connectivity index (χ2n) is 5.63. The summed E-state index contributed by atoms with van der Waals surface area (Å²) in [6.07, 6.45) is 0. The zero-order chi connectivity index (χ0) is 17.6. The van der Waals surface area contributed by atoms with Crippen LogP contribution in [0.25, 0.3) is 33.4 Å². The SMILES string of the molecule is O.O.O=C([O-])c1ccccc1-c1c2ccc(=O)cc-2oc2cc([O-])ccc12.[Na+].[Na+]. The van der Waals surface area contributed by atoms with Gasteiger partial charge in [0.05, 0.1) is 5.97 Å². The molecule has 0 saturated heterocycles. The number of hydrogen-bond acceptors (Lipinski definition) is 5. The molecule has 0 fully saturated rings. The van der Waals surface area contributed by atoms with Gasteiger partial charge in [-0.3, -0.25) is 4.79 Å². The molecule has 0 unspecified atom stereocenters. The van der Waals surface area contributed by atoms with Gasteiger partial charge >= 0.3 is 59.1 Å². The van der Waals surface area contributed by atoms with Crippen LogP contribution in [0.2, 0.25) is 0 Å². The Labute approximate surface area is 209 Å². The maximum absolute atomic E-state index is 11.7. The number of aromatic carboxylic acids is 1. The summed E-state index contributed by atoms with van der Waals surface area (Å²) < 4.78 is 5.71. The molecule has 1 aliphatic heterocycles. The van der Waals surface area contributed by atoms with Crippen molar-refractivity contribution in [1.29, 1.82) is 0 Å². The molecule has 4 N–H and O–H groups in total. The van der Waals surface area contributed by atoms with E-state index in [4.69, 9.17) is 4.42 Å². The minimum absolute atomic E-state index is 0. The fraction of sp³-hybridized carbons (Fsp3) is 0. The third-order valence-corrected chi connectivity index (χ3v) is 4.08. The first kappa shape index (κ1) is 27.3. The fourth-order valence-electron chi connectivity index (χ4n) is 3.02. The molecule has 0 atom stereocenters. The van der Waals surface area contributed by atoms with Crippen molar-refractivity contribution in [2.75, 3.05) is 0 Å². The molecule has 2 aromatic carbocycles. The Morgan fingerprint density at radius 3 is 2.24 bits per heavy atom. The van der Waals surface area contributed by atoms with Crippen LogP contribution in [-0.4, -0.2) is 16.9 Å². The third kappa shape index (κ3) is 5.09. The van der Waals surface area contributed by atoms with E-state index in [1.807, 2.05) is 0 Å². The van der Waals surface area contributed by atoms with Crippen molar-refractivity contribution >= 4 is 16.9 Å². The van der Waals surface area contributed by atoms with Gasteiger partial charge in [0.25, 0.3) is 0 Å². The van der Waals surface area contributed by atoms with Crippen LogP contribution >= 0.6 is 0 Å². The maximum atomic E-state index is 11.7. The van der Waals surface area contributed by atoms with E-state index in [0.717, 1.165) is 0 Å². The van der Waals surface area contributed by atoms with E-state index in [1.165, 1.54) is 30.3 Å². The first-order chi connectivity index (χ1) is 12.0. The zero-order valence-corrected chi connectivity index (χ0v) is 19.8.